The van der Waals surface area contributed by atoms with Crippen LogP contribution in [0.3, 0.4) is 0 Å². The smallest absolute Gasteiger partial charge is 0.200 e. The molecule has 0 saturated heterocycles. The number of benzene rings is 1. The third-order valence-corrected chi connectivity index (χ3v) is 1.93. The number of ether oxygens (including phenoxy) is 1. The summed E-state index contributed by atoms with van der Waals surface area (Å²) >= 11 is 0. The summed E-state index contributed by atoms with van der Waals surface area (Å²) in [6.45, 7) is 0. The summed E-state index contributed by atoms with van der Waals surface area (Å²) in [6.07, 6.45) is -1.39. The summed E-state index contributed by atoms with van der Waals surface area (Å²) in [5.74, 6) is -2.58. The van der Waals surface area contributed by atoms with Crippen molar-refractivity contribution in [3.8, 4) is 11.8 Å². The number of halogens is 2. The summed E-state index contributed by atoms with van der Waals surface area (Å²) in [5.41, 5.74) is 0.0675. The average Bonchev–Trinajstić information content (AvgIpc) is 2.22. The highest BCUT2D eigenvalue weighted by atomic mass is 19.2. The Morgan fingerprint density at radius 1 is 1.53 bits per heavy atom. The molecule has 0 spiro atoms. The Bertz CT molecular complexity index is 401. The number of nitriles is 1. The van der Waals surface area contributed by atoms with Crippen LogP contribution in [0.15, 0.2) is 12.1 Å². The third-order valence-electron chi connectivity index (χ3n) is 1.93. The Labute approximate surface area is 85.5 Å². The molecule has 0 aliphatic heterocycles. The maximum absolute atomic E-state index is 13.2. The summed E-state index contributed by atoms with van der Waals surface area (Å²) < 4.78 is 30.6. The van der Waals surface area contributed by atoms with Crippen molar-refractivity contribution < 1.29 is 18.6 Å². The van der Waals surface area contributed by atoms with Crippen LogP contribution in [0.5, 0.6) is 5.75 Å². The molecule has 0 heterocycles. The normalized spacial score (nSPS) is 11.9. The first-order chi connectivity index (χ1) is 7.11. The lowest BCUT2D eigenvalue weighted by molar-refractivity contribution is 0.177. The molecule has 0 aromatic heterocycles. The van der Waals surface area contributed by atoms with Gasteiger partial charge in [-0.05, 0) is 12.1 Å². The molecule has 1 N–H and O–H groups in total. The molecule has 1 aromatic rings. The van der Waals surface area contributed by atoms with E-state index in [0.717, 1.165) is 6.07 Å². The first kappa shape index (κ1) is 11.4. The van der Waals surface area contributed by atoms with Gasteiger partial charge in [0.2, 0.25) is 5.82 Å². The molecule has 0 aliphatic rings. The average molecular weight is 213 g/mol. The van der Waals surface area contributed by atoms with Gasteiger partial charge in [0.15, 0.2) is 11.6 Å². The molecule has 0 bridgehead atoms. The lowest BCUT2D eigenvalue weighted by atomic mass is 10.1. The minimum Gasteiger partial charge on any atom is -0.493 e. The van der Waals surface area contributed by atoms with Gasteiger partial charge in [-0.25, -0.2) is 4.39 Å². The summed E-state index contributed by atoms with van der Waals surface area (Å²) in [4.78, 5) is 0. The summed E-state index contributed by atoms with van der Waals surface area (Å²) in [7, 11) is 1.17. The lowest BCUT2D eigenvalue weighted by Crippen LogP contribution is -2.03. The molecule has 0 radical (unpaired) electrons. The van der Waals surface area contributed by atoms with Crippen molar-refractivity contribution in [3.05, 3.63) is 29.3 Å². The van der Waals surface area contributed by atoms with E-state index in [2.05, 4.69) is 4.74 Å². The second kappa shape index (κ2) is 4.71. The molecule has 0 saturated carbocycles. The minimum absolute atomic E-state index is 0.0675. The molecule has 0 amide bonds. The number of methoxy groups -OCH3 is 1. The largest absolute Gasteiger partial charge is 0.493 e. The van der Waals surface area contributed by atoms with E-state index in [9.17, 15) is 13.9 Å². The second-order valence-electron chi connectivity index (χ2n) is 2.86. The van der Waals surface area contributed by atoms with Crippen molar-refractivity contribution in [1.29, 1.82) is 5.26 Å². The van der Waals surface area contributed by atoms with Crippen LogP contribution in [0.1, 0.15) is 18.1 Å². The van der Waals surface area contributed by atoms with Gasteiger partial charge in [0, 0.05) is 5.56 Å². The second-order valence-corrected chi connectivity index (χ2v) is 2.86. The number of hydrogen-bond acceptors (Lipinski definition) is 3. The Hall–Kier alpha value is -1.67. The van der Waals surface area contributed by atoms with Crippen LogP contribution in [-0.4, -0.2) is 12.2 Å². The van der Waals surface area contributed by atoms with Crippen molar-refractivity contribution in [2.75, 3.05) is 7.11 Å². The Morgan fingerprint density at radius 2 is 2.20 bits per heavy atom. The van der Waals surface area contributed by atoms with E-state index in [0.29, 0.717) is 0 Å². The van der Waals surface area contributed by atoms with Gasteiger partial charge in [-0.1, -0.05) is 0 Å². The SMILES string of the molecule is COc1c(C(O)CC#N)ccc(F)c1F. The predicted molar refractivity (Wildman–Crippen MR) is 48.1 cm³/mol. The molecular weight excluding hydrogens is 204 g/mol. The number of aliphatic hydroxyl groups is 1. The highest BCUT2D eigenvalue weighted by Gasteiger charge is 2.19. The first-order valence-electron chi connectivity index (χ1n) is 4.18. The number of rotatable bonds is 3. The fourth-order valence-electron chi connectivity index (χ4n) is 1.21. The molecule has 0 aliphatic carbocycles. The fourth-order valence-corrected chi connectivity index (χ4v) is 1.21. The van der Waals surface area contributed by atoms with Crippen LogP contribution < -0.4 is 4.74 Å². The number of hydrogen-bond donors (Lipinski definition) is 1. The van der Waals surface area contributed by atoms with E-state index in [1.54, 1.807) is 6.07 Å². The van der Waals surface area contributed by atoms with E-state index < -0.39 is 17.7 Å². The van der Waals surface area contributed by atoms with Crippen LogP contribution in [-0.2, 0) is 0 Å². The van der Waals surface area contributed by atoms with Crippen molar-refractivity contribution >= 4 is 0 Å². The standard InChI is InChI=1S/C10H9F2NO2/c1-15-10-6(8(14)4-5-13)2-3-7(11)9(10)12/h2-3,8,14H,4H2,1H3. The molecular formula is C10H9F2NO2. The summed E-state index contributed by atoms with van der Waals surface area (Å²) in [6, 6.07) is 3.81. The van der Waals surface area contributed by atoms with Crippen LogP contribution in [0, 0.1) is 23.0 Å². The molecule has 1 rings (SSSR count). The zero-order chi connectivity index (χ0) is 11.4. The van der Waals surface area contributed by atoms with Crippen LogP contribution in [0.2, 0.25) is 0 Å². The van der Waals surface area contributed by atoms with E-state index in [1.807, 2.05) is 0 Å². The topological polar surface area (TPSA) is 53.2 Å². The monoisotopic (exact) mass is 213 g/mol. The minimum atomic E-state index is -1.18. The molecule has 1 unspecified atom stereocenters. The maximum atomic E-state index is 13.2. The fraction of sp³-hybridized carbons (Fsp3) is 0.300. The zero-order valence-corrected chi connectivity index (χ0v) is 8.00. The Morgan fingerprint density at radius 3 is 2.73 bits per heavy atom. The van der Waals surface area contributed by atoms with Gasteiger partial charge in [0.25, 0.3) is 0 Å². The highest BCUT2D eigenvalue weighted by Crippen LogP contribution is 2.30. The third kappa shape index (κ3) is 2.22. The number of aliphatic hydroxyl groups excluding tert-OH is 1. The van der Waals surface area contributed by atoms with E-state index in [-0.39, 0.29) is 17.7 Å². The van der Waals surface area contributed by atoms with Crippen LogP contribution >= 0.6 is 0 Å². The van der Waals surface area contributed by atoms with Gasteiger partial charge in [-0.3, -0.25) is 0 Å². The Kier molecular flexibility index (Phi) is 3.58. The molecule has 3 nitrogen and oxygen atoms in total. The lowest BCUT2D eigenvalue weighted by Gasteiger charge is -2.12. The van der Waals surface area contributed by atoms with Crippen molar-refractivity contribution in [2.45, 2.75) is 12.5 Å². The molecule has 5 heteroatoms. The zero-order valence-electron chi connectivity index (χ0n) is 8.00. The molecule has 0 fully saturated rings. The first-order valence-corrected chi connectivity index (χ1v) is 4.18. The molecule has 1 atom stereocenters. The molecule has 1 aromatic carbocycles. The van der Waals surface area contributed by atoms with Crippen molar-refractivity contribution in [3.63, 3.8) is 0 Å². The van der Waals surface area contributed by atoms with Crippen molar-refractivity contribution in [2.24, 2.45) is 0 Å². The highest BCUT2D eigenvalue weighted by molar-refractivity contribution is 5.37. The van der Waals surface area contributed by atoms with E-state index in [1.165, 1.54) is 13.2 Å². The predicted octanol–water partition coefficient (Wildman–Crippen LogP) is 1.92. The van der Waals surface area contributed by atoms with Gasteiger partial charge in [0.1, 0.15) is 0 Å². The van der Waals surface area contributed by atoms with Gasteiger partial charge in [-0.2, -0.15) is 9.65 Å². The van der Waals surface area contributed by atoms with Crippen molar-refractivity contribution in [1.82, 2.24) is 0 Å². The van der Waals surface area contributed by atoms with Crippen LogP contribution in [0.25, 0.3) is 0 Å². The van der Waals surface area contributed by atoms with Gasteiger partial charge < -0.3 is 9.84 Å². The van der Waals surface area contributed by atoms with Gasteiger partial charge in [-0.15, -0.1) is 0 Å². The van der Waals surface area contributed by atoms with E-state index >= 15 is 0 Å². The quantitative estimate of drug-likeness (QED) is 0.834. The van der Waals surface area contributed by atoms with Gasteiger partial charge >= 0.3 is 0 Å². The van der Waals surface area contributed by atoms with Crippen LogP contribution in [0.4, 0.5) is 8.78 Å². The molecule has 15 heavy (non-hydrogen) atoms. The summed E-state index contributed by atoms with van der Waals surface area (Å²) in [5, 5.41) is 17.8. The molecule has 80 valence electrons. The Balaban J connectivity index is 3.19. The van der Waals surface area contributed by atoms with E-state index in [4.69, 9.17) is 5.26 Å². The van der Waals surface area contributed by atoms with Gasteiger partial charge in [0.05, 0.1) is 25.7 Å². The number of nitrogens with zero attached hydrogens (tertiary/aromatic N) is 1. The maximum Gasteiger partial charge on any atom is 0.200 e.